The highest BCUT2D eigenvalue weighted by atomic mass is 79.9. The van der Waals surface area contributed by atoms with Gasteiger partial charge in [0.25, 0.3) is 0 Å². The smallest absolute Gasteiger partial charge is 0.161 e. The van der Waals surface area contributed by atoms with Crippen molar-refractivity contribution in [3.05, 3.63) is 28.2 Å². The lowest BCUT2D eigenvalue weighted by atomic mass is 10.1. The second-order valence-electron chi connectivity index (χ2n) is 4.32. The molecule has 1 atom stereocenters. The Morgan fingerprint density at radius 1 is 1.61 bits per heavy atom. The van der Waals surface area contributed by atoms with Gasteiger partial charge in [-0.2, -0.15) is 0 Å². The highest BCUT2D eigenvalue weighted by molar-refractivity contribution is 9.10. The van der Waals surface area contributed by atoms with Crippen molar-refractivity contribution in [3.8, 4) is 0 Å². The van der Waals surface area contributed by atoms with Crippen molar-refractivity contribution in [1.82, 2.24) is 0 Å². The quantitative estimate of drug-likeness (QED) is 0.865. The number of hydrogen-bond donors (Lipinski definition) is 1. The number of aliphatic hydroxyl groups excluding tert-OH is 1. The van der Waals surface area contributed by atoms with Crippen LogP contribution in [0, 0.1) is 0 Å². The first-order valence-corrected chi connectivity index (χ1v) is 6.68. The summed E-state index contributed by atoms with van der Waals surface area (Å²) in [5, 5.41) is 9.40. The Morgan fingerprint density at radius 3 is 3.06 bits per heavy atom. The van der Waals surface area contributed by atoms with E-state index in [4.69, 9.17) is 4.74 Å². The van der Waals surface area contributed by atoms with Gasteiger partial charge in [0.05, 0.1) is 25.9 Å². The minimum Gasteiger partial charge on any atom is -0.394 e. The molecule has 1 N–H and O–H groups in total. The maximum atomic E-state index is 11.7. The van der Waals surface area contributed by atoms with E-state index in [0.717, 1.165) is 10.2 Å². The van der Waals surface area contributed by atoms with E-state index in [1.54, 1.807) is 6.92 Å². The number of carbonyl (C=O) groups excluding carboxylic acids is 1. The van der Waals surface area contributed by atoms with Crippen LogP contribution in [0.1, 0.15) is 17.3 Å². The van der Waals surface area contributed by atoms with Gasteiger partial charge >= 0.3 is 0 Å². The van der Waals surface area contributed by atoms with Gasteiger partial charge in [-0.25, -0.2) is 0 Å². The highest BCUT2D eigenvalue weighted by Crippen LogP contribution is 2.28. The molecule has 0 radical (unpaired) electrons. The third-order valence-corrected chi connectivity index (χ3v) is 3.58. The van der Waals surface area contributed by atoms with Crippen molar-refractivity contribution in [2.75, 3.05) is 31.3 Å². The van der Waals surface area contributed by atoms with Crippen LogP contribution < -0.4 is 4.90 Å². The number of ether oxygens (including phenoxy) is 1. The topological polar surface area (TPSA) is 49.8 Å². The minimum absolute atomic E-state index is 0.0177. The summed E-state index contributed by atoms with van der Waals surface area (Å²) in [7, 11) is 0. The number of carbonyl (C=O) groups is 1. The van der Waals surface area contributed by atoms with Crippen LogP contribution in [0.4, 0.5) is 5.69 Å². The Morgan fingerprint density at radius 2 is 2.39 bits per heavy atom. The van der Waals surface area contributed by atoms with E-state index >= 15 is 0 Å². The maximum absolute atomic E-state index is 11.7. The fourth-order valence-electron chi connectivity index (χ4n) is 2.16. The Labute approximate surface area is 115 Å². The molecule has 4 nitrogen and oxygen atoms in total. The van der Waals surface area contributed by atoms with Crippen LogP contribution in [0.15, 0.2) is 22.7 Å². The molecule has 1 saturated heterocycles. The number of nitrogens with zero attached hydrogens (tertiary/aromatic N) is 1. The van der Waals surface area contributed by atoms with Gasteiger partial charge in [-0.05, 0) is 25.1 Å². The van der Waals surface area contributed by atoms with Gasteiger partial charge in [0.1, 0.15) is 0 Å². The van der Waals surface area contributed by atoms with Crippen LogP contribution >= 0.6 is 15.9 Å². The Balaban J connectivity index is 2.41. The van der Waals surface area contributed by atoms with Crippen molar-refractivity contribution >= 4 is 27.4 Å². The molecule has 0 aliphatic carbocycles. The summed E-state index contributed by atoms with van der Waals surface area (Å²) in [6.07, 6.45) is 0. The summed E-state index contributed by atoms with van der Waals surface area (Å²) in [5.74, 6) is 0.0284. The van der Waals surface area contributed by atoms with Gasteiger partial charge in [0.15, 0.2) is 5.78 Å². The van der Waals surface area contributed by atoms with Crippen molar-refractivity contribution in [2.45, 2.75) is 13.0 Å². The molecule has 1 aromatic carbocycles. The number of benzene rings is 1. The highest BCUT2D eigenvalue weighted by Gasteiger charge is 2.25. The molecular formula is C13H16BrNO3. The molecule has 5 heteroatoms. The summed E-state index contributed by atoms with van der Waals surface area (Å²) in [6, 6.07) is 5.50. The van der Waals surface area contributed by atoms with Gasteiger partial charge in [0.2, 0.25) is 0 Å². The fourth-order valence-corrected chi connectivity index (χ4v) is 2.51. The molecular weight excluding hydrogens is 298 g/mol. The Kier molecular flexibility index (Phi) is 4.37. The normalized spacial score (nSPS) is 19.9. The number of aliphatic hydroxyl groups is 1. The largest absolute Gasteiger partial charge is 0.394 e. The van der Waals surface area contributed by atoms with Crippen LogP contribution in [0.5, 0.6) is 0 Å². The van der Waals surface area contributed by atoms with E-state index in [-0.39, 0.29) is 18.4 Å². The first kappa shape index (κ1) is 13.5. The molecule has 1 unspecified atom stereocenters. The number of rotatable bonds is 3. The monoisotopic (exact) mass is 313 g/mol. The number of ketones is 1. The third-order valence-electron chi connectivity index (χ3n) is 3.09. The average Bonchev–Trinajstić information content (AvgIpc) is 2.38. The molecule has 0 aromatic heterocycles. The molecule has 98 valence electrons. The zero-order valence-corrected chi connectivity index (χ0v) is 11.8. The lowest BCUT2D eigenvalue weighted by Gasteiger charge is -2.37. The van der Waals surface area contributed by atoms with Crippen molar-refractivity contribution in [2.24, 2.45) is 0 Å². The number of Topliss-reactive ketones (excluding diaryl/α,β-unsaturated/α-hetero) is 1. The van der Waals surface area contributed by atoms with Gasteiger partial charge in [-0.1, -0.05) is 15.9 Å². The van der Waals surface area contributed by atoms with Crippen molar-refractivity contribution < 1.29 is 14.6 Å². The summed E-state index contributed by atoms with van der Waals surface area (Å²) < 4.78 is 6.28. The van der Waals surface area contributed by atoms with Crippen LogP contribution in [0.3, 0.4) is 0 Å². The lowest BCUT2D eigenvalue weighted by molar-refractivity contribution is 0.0724. The second kappa shape index (κ2) is 5.82. The van der Waals surface area contributed by atoms with Crippen LogP contribution in [-0.2, 0) is 4.74 Å². The van der Waals surface area contributed by atoms with Crippen molar-refractivity contribution in [1.29, 1.82) is 0 Å². The van der Waals surface area contributed by atoms with Crippen LogP contribution in [-0.4, -0.2) is 43.3 Å². The molecule has 0 spiro atoms. The predicted octanol–water partition coefficient (Wildman–Crippen LogP) is 1.85. The number of hydrogen-bond acceptors (Lipinski definition) is 4. The van der Waals surface area contributed by atoms with Crippen LogP contribution in [0.25, 0.3) is 0 Å². The first-order chi connectivity index (χ1) is 8.63. The van der Waals surface area contributed by atoms with E-state index in [0.29, 0.717) is 25.3 Å². The predicted molar refractivity (Wildman–Crippen MR) is 73.2 cm³/mol. The standard InChI is InChI=1S/C13H16BrNO3/c1-9(17)12-3-2-10(14)6-13(12)15-4-5-18-8-11(15)7-16/h2-3,6,11,16H,4-5,7-8H2,1H3. The van der Waals surface area contributed by atoms with E-state index in [1.807, 2.05) is 23.1 Å². The maximum Gasteiger partial charge on any atom is 0.161 e. The number of morpholine rings is 1. The van der Waals surface area contributed by atoms with E-state index in [2.05, 4.69) is 15.9 Å². The summed E-state index contributed by atoms with van der Waals surface area (Å²) in [4.78, 5) is 13.7. The van der Waals surface area contributed by atoms with Crippen LogP contribution in [0.2, 0.25) is 0 Å². The molecule has 18 heavy (non-hydrogen) atoms. The van der Waals surface area contributed by atoms with Gasteiger partial charge < -0.3 is 14.7 Å². The molecule has 0 bridgehead atoms. The third kappa shape index (κ3) is 2.74. The van der Waals surface area contributed by atoms with Gasteiger partial charge in [-0.3, -0.25) is 4.79 Å². The molecule has 0 saturated carbocycles. The van der Waals surface area contributed by atoms with Crippen molar-refractivity contribution in [3.63, 3.8) is 0 Å². The molecule has 1 aromatic rings. The lowest BCUT2D eigenvalue weighted by Crippen LogP contribution is -2.48. The first-order valence-electron chi connectivity index (χ1n) is 5.89. The van der Waals surface area contributed by atoms with Gasteiger partial charge in [0, 0.05) is 22.3 Å². The number of anilines is 1. The molecule has 1 fully saturated rings. The molecule has 1 heterocycles. The molecule has 1 aliphatic rings. The van der Waals surface area contributed by atoms with E-state index in [9.17, 15) is 9.90 Å². The molecule has 0 amide bonds. The summed E-state index contributed by atoms with van der Waals surface area (Å²) in [6.45, 7) is 3.35. The summed E-state index contributed by atoms with van der Waals surface area (Å²) >= 11 is 3.42. The SMILES string of the molecule is CC(=O)c1ccc(Br)cc1N1CCOCC1CO. The summed E-state index contributed by atoms with van der Waals surface area (Å²) in [5.41, 5.74) is 1.54. The van der Waals surface area contributed by atoms with E-state index < -0.39 is 0 Å². The Bertz CT molecular complexity index is 450. The molecule has 1 aliphatic heterocycles. The minimum atomic E-state index is -0.0915. The van der Waals surface area contributed by atoms with E-state index in [1.165, 1.54) is 0 Å². The Hall–Kier alpha value is -0.910. The fraction of sp³-hybridized carbons (Fsp3) is 0.462. The number of halogens is 1. The zero-order valence-electron chi connectivity index (χ0n) is 10.2. The van der Waals surface area contributed by atoms with Gasteiger partial charge in [-0.15, -0.1) is 0 Å². The second-order valence-corrected chi connectivity index (χ2v) is 5.24. The average molecular weight is 314 g/mol. The zero-order chi connectivity index (χ0) is 13.1. The molecule has 2 rings (SSSR count).